The lowest BCUT2D eigenvalue weighted by molar-refractivity contribution is -0.117. The maximum Gasteiger partial charge on any atom is 0.241 e. The summed E-state index contributed by atoms with van der Waals surface area (Å²) in [6, 6.07) is 2.71. The van der Waals surface area contributed by atoms with Gasteiger partial charge in [-0.1, -0.05) is 25.4 Å². The van der Waals surface area contributed by atoms with Crippen molar-refractivity contribution >= 4 is 23.2 Å². The first-order valence-electron chi connectivity index (χ1n) is 6.13. The average molecular weight is 285 g/mol. The Morgan fingerprint density at radius 2 is 2.05 bits per heavy atom. The van der Waals surface area contributed by atoms with Crippen molar-refractivity contribution in [1.82, 2.24) is 0 Å². The van der Waals surface area contributed by atoms with E-state index in [-0.39, 0.29) is 12.7 Å². The lowest BCUT2D eigenvalue weighted by Crippen LogP contribution is -2.36. The molecule has 0 saturated carbocycles. The summed E-state index contributed by atoms with van der Waals surface area (Å²) >= 11 is 6.07. The summed E-state index contributed by atoms with van der Waals surface area (Å²) in [4.78, 5) is 11.9. The summed E-state index contributed by atoms with van der Waals surface area (Å²) in [6.07, 6.45) is 0.619. The second-order valence-electron chi connectivity index (χ2n) is 4.91. The first kappa shape index (κ1) is 14.0. The minimum absolute atomic E-state index is 0.163. The number of hydrogen-bond acceptors (Lipinski definition) is 4. The standard InChI is InChI=1S/C13H17ClN2O3/c1-7(2)3-9(15)13(17)16-10-5-12-11(4-8(10)14)18-6-19-12/h4-5,7,9H,3,6,15H2,1-2H3,(H,16,17)/t9-/m1/s1. The van der Waals surface area contributed by atoms with Crippen LogP contribution in [0.2, 0.25) is 5.02 Å². The number of ether oxygens (including phenoxy) is 2. The highest BCUT2D eigenvalue weighted by Crippen LogP contribution is 2.39. The Balaban J connectivity index is 2.09. The van der Waals surface area contributed by atoms with Crippen molar-refractivity contribution in [3.05, 3.63) is 17.2 Å². The van der Waals surface area contributed by atoms with Crippen molar-refractivity contribution in [2.45, 2.75) is 26.3 Å². The first-order chi connectivity index (χ1) is 8.97. The summed E-state index contributed by atoms with van der Waals surface area (Å²) < 4.78 is 10.4. The Morgan fingerprint density at radius 3 is 2.68 bits per heavy atom. The lowest BCUT2D eigenvalue weighted by atomic mass is 10.0. The molecule has 0 fully saturated rings. The van der Waals surface area contributed by atoms with Gasteiger partial charge >= 0.3 is 0 Å². The monoisotopic (exact) mass is 284 g/mol. The molecule has 0 spiro atoms. The molecule has 1 heterocycles. The van der Waals surface area contributed by atoms with E-state index in [1.165, 1.54) is 0 Å². The van der Waals surface area contributed by atoms with Crippen molar-refractivity contribution in [3.63, 3.8) is 0 Å². The van der Waals surface area contributed by atoms with Gasteiger partial charge in [-0.05, 0) is 12.3 Å². The van der Waals surface area contributed by atoms with Gasteiger partial charge in [-0.25, -0.2) is 0 Å². The van der Waals surface area contributed by atoms with Crippen LogP contribution >= 0.6 is 11.6 Å². The van der Waals surface area contributed by atoms with E-state index in [1.54, 1.807) is 12.1 Å². The van der Waals surface area contributed by atoms with Gasteiger partial charge in [0.25, 0.3) is 0 Å². The Labute approximate surface area is 117 Å². The molecule has 19 heavy (non-hydrogen) atoms. The zero-order valence-electron chi connectivity index (χ0n) is 10.9. The molecule has 0 bridgehead atoms. The lowest BCUT2D eigenvalue weighted by Gasteiger charge is -2.15. The van der Waals surface area contributed by atoms with Crippen molar-refractivity contribution in [1.29, 1.82) is 0 Å². The molecule has 0 radical (unpaired) electrons. The smallest absolute Gasteiger partial charge is 0.241 e. The molecule has 5 nitrogen and oxygen atoms in total. The number of anilines is 1. The summed E-state index contributed by atoms with van der Waals surface area (Å²) in [5, 5.41) is 3.11. The van der Waals surface area contributed by atoms with E-state index in [0.717, 1.165) is 0 Å². The molecule has 3 N–H and O–H groups in total. The number of carbonyl (C=O) groups excluding carboxylic acids is 1. The molecule has 2 rings (SSSR count). The second kappa shape index (κ2) is 5.67. The third-order valence-electron chi connectivity index (χ3n) is 2.78. The molecule has 0 aliphatic carbocycles. The number of benzene rings is 1. The maximum absolute atomic E-state index is 11.9. The fraction of sp³-hybridized carbons (Fsp3) is 0.462. The van der Waals surface area contributed by atoms with Gasteiger partial charge in [0.2, 0.25) is 12.7 Å². The van der Waals surface area contributed by atoms with E-state index in [1.807, 2.05) is 13.8 Å². The highest BCUT2D eigenvalue weighted by atomic mass is 35.5. The van der Waals surface area contributed by atoms with Crippen LogP contribution < -0.4 is 20.5 Å². The molecule has 1 aliphatic rings. The second-order valence-corrected chi connectivity index (χ2v) is 5.32. The number of fused-ring (bicyclic) bond motifs is 1. The van der Waals surface area contributed by atoms with Gasteiger partial charge in [-0.3, -0.25) is 4.79 Å². The van der Waals surface area contributed by atoms with Crippen LogP contribution in [-0.4, -0.2) is 18.7 Å². The highest BCUT2D eigenvalue weighted by Gasteiger charge is 2.20. The average Bonchev–Trinajstić information content (AvgIpc) is 2.75. The Kier molecular flexibility index (Phi) is 4.17. The maximum atomic E-state index is 11.9. The number of carbonyl (C=O) groups is 1. The van der Waals surface area contributed by atoms with Gasteiger partial charge in [-0.2, -0.15) is 0 Å². The molecule has 1 atom stereocenters. The van der Waals surface area contributed by atoms with Gasteiger partial charge in [0, 0.05) is 12.1 Å². The van der Waals surface area contributed by atoms with Crippen molar-refractivity contribution in [3.8, 4) is 11.5 Å². The number of nitrogens with one attached hydrogen (secondary N) is 1. The number of rotatable bonds is 4. The predicted molar refractivity (Wildman–Crippen MR) is 73.6 cm³/mol. The fourth-order valence-corrected chi connectivity index (χ4v) is 2.05. The van der Waals surface area contributed by atoms with Crippen LogP contribution in [0.1, 0.15) is 20.3 Å². The highest BCUT2D eigenvalue weighted by molar-refractivity contribution is 6.34. The molecule has 6 heteroatoms. The normalized spacial score (nSPS) is 14.6. The number of hydrogen-bond donors (Lipinski definition) is 2. The predicted octanol–water partition coefficient (Wildman–Crippen LogP) is 2.38. The minimum atomic E-state index is -0.554. The van der Waals surface area contributed by atoms with Crippen LogP contribution in [0.5, 0.6) is 11.5 Å². The van der Waals surface area contributed by atoms with Crippen molar-refractivity contribution in [2.75, 3.05) is 12.1 Å². The molecule has 1 amide bonds. The number of amides is 1. The zero-order chi connectivity index (χ0) is 14.0. The zero-order valence-corrected chi connectivity index (χ0v) is 11.7. The molecule has 1 aromatic carbocycles. The Morgan fingerprint density at radius 1 is 1.42 bits per heavy atom. The van der Waals surface area contributed by atoms with Gasteiger partial charge in [0.15, 0.2) is 11.5 Å². The summed E-state index contributed by atoms with van der Waals surface area (Å²) in [5.74, 6) is 1.24. The third kappa shape index (κ3) is 3.30. The first-order valence-corrected chi connectivity index (χ1v) is 6.50. The van der Waals surface area contributed by atoms with Crippen molar-refractivity contribution in [2.24, 2.45) is 11.7 Å². The van der Waals surface area contributed by atoms with E-state index in [9.17, 15) is 4.79 Å². The van der Waals surface area contributed by atoms with E-state index in [2.05, 4.69) is 5.32 Å². The van der Waals surface area contributed by atoms with Crippen molar-refractivity contribution < 1.29 is 14.3 Å². The molecule has 1 aliphatic heterocycles. The summed E-state index contributed by atoms with van der Waals surface area (Å²) in [6.45, 7) is 4.19. The van der Waals surface area contributed by atoms with Gasteiger partial charge in [-0.15, -0.1) is 0 Å². The van der Waals surface area contributed by atoms with Gasteiger partial charge in [0.05, 0.1) is 16.8 Å². The van der Waals surface area contributed by atoms with Crippen LogP contribution in [0.15, 0.2) is 12.1 Å². The van der Waals surface area contributed by atoms with E-state index in [0.29, 0.717) is 34.5 Å². The molecular weight excluding hydrogens is 268 g/mol. The SMILES string of the molecule is CC(C)C[C@@H](N)C(=O)Nc1cc2c(cc1Cl)OCO2. The van der Waals surface area contributed by atoms with Gasteiger partial charge in [0.1, 0.15) is 0 Å². The summed E-state index contributed by atoms with van der Waals surface area (Å²) in [5.41, 5.74) is 6.30. The van der Waals surface area contributed by atoms with E-state index < -0.39 is 6.04 Å². The summed E-state index contributed by atoms with van der Waals surface area (Å²) in [7, 11) is 0. The minimum Gasteiger partial charge on any atom is -0.454 e. The Hall–Kier alpha value is -1.46. The van der Waals surface area contributed by atoms with E-state index in [4.69, 9.17) is 26.8 Å². The molecule has 0 aromatic heterocycles. The van der Waals surface area contributed by atoms with Crippen LogP contribution in [0, 0.1) is 5.92 Å². The number of halogens is 1. The molecule has 0 saturated heterocycles. The van der Waals surface area contributed by atoms with Gasteiger partial charge < -0.3 is 20.5 Å². The largest absolute Gasteiger partial charge is 0.454 e. The van der Waals surface area contributed by atoms with Crippen LogP contribution in [0.3, 0.4) is 0 Å². The van der Waals surface area contributed by atoms with Crippen LogP contribution in [-0.2, 0) is 4.79 Å². The molecule has 104 valence electrons. The molecule has 0 unspecified atom stereocenters. The molecule has 1 aromatic rings. The Bertz CT molecular complexity index is 491. The fourth-order valence-electron chi connectivity index (χ4n) is 1.85. The van der Waals surface area contributed by atoms with Crippen LogP contribution in [0.4, 0.5) is 5.69 Å². The number of nitrogens with two attached hydrogens (primary N) is 1. The topological polar surface area (TPSA) is 73.6 Å². The molecular formula is C13H17ClN2O3. The van der Waals surface area contributed by atoms with E-state index >= 15 is 0 Å². The third-order valence-corrected chi connectivity index (χ3v) is 3.09. The quantitative estimate of drug-likeness (QED) is 0.890. The van der Waals surface area contributed by atoms with Crippen LogP contribution in [0.25, 0.3) is 0 Å².